The number of carbonyl (C=O) groups is 1. The molecular weight excluding hydrogens is 404 g/mol. The topological polar surface area (TPSA) is 58.1 Å². The second-order valence-corrected chi connectivity index (χ2v) is 8.01. The monoisotopic (exact) mass is 428 g/mol. The SMILES string of the molecule is CN(C(=O)C(Cc1ccccc1)NCc1cscn1)c1cccc(-c2ccncc2)c1. The minimum absolute atomic E-state index is 0.0194. The fraction of sp³-hybridized carbons (Fsp3) is 0.160. The molecule has 2 heterocycles. The van der Waals surface area contributed by atoms with Crippen LogP contribution in [-0.2, 0) is 17.8 Å². The quantitative estimate of drug-likeness (QED) is 0.447. The predicted octanol–water partition coefficient (Wildman–Crippen LogP) is 4.57. The second kappa shape index (κ2) is 10.1. The Balaban J connectivity index is 1.55. The minimum Gasteiger partial charge on any atom is -0.314 e. The number of benzene rings is 2. The third-order valence-electron chi connectivity index (χ3n) is 5.17. The summed E-state index contributed by atoms with van der Waals surface area (Å²) in [6.45, 7) is 0.553. The molecule has 0 fully saturated rings. The van der Waals surface area contributed by atoms with E-state index in [1.807, 2.05) is 72.5 Å². The van der Waals surface area contributed by atoms with Crippen LogP contribution in [0.1, 0.15) is 11.3 Å². The number of hydrogen-bond acceptors (Lipinski definition) is 5. The van der Waals surface area contributed by atoms with Crippen molar-refractivity contribution in [1.29, 1.82) is 0 Å². The largest absolute Gasteiger partial charge is 0.314 e. The van der Waals surface area contributed by atoms with E-state index in [9.17, 15) is 4.79 Å². The van der Waals surface area contributed by atoms with Crippen molar-refractivity contribution in [2.24, 2.45) is 0 Å². The van der Waals surface area contributed by atoms with Crippen LogP contribution in [0.2, 0.25) is 0 Å². The lowest BCUT2D eigenvalue weighted by atomic mass is 10.0. The van der Waals surface area contributed by atoms with Crippen molar-refractivity contribution < 1.29 is 4.79 Å². The second-order valence-electron chi connectivity index (χ2n) is 7.29. The zero-order valence-electron chi connectivity index (χ0n) is 17.3. The van der Waals surface area contributed by atoms with Gasteiger partial charge in [0, 0.05) is 37.1 Å². The van der Waals surface area contributed by atoms with Crippen LogP contribution in [-0.4, -0.2) is 29.0 Å². The van der Waals surface area contributed by atoms with Gasteiger partial charge in [0.15, 0.2) is 0 Å². The van der Waals surface area contributed by atoms with Crippen LogP contribution in [0, 0.1) is 0 Å². The summed E-state index contributed by atoms with van der Waals surface area (Å²) in [6.07, 6.45) is 4.16. The molecule has 4 aromatic rings. The highest BCUT2D eigenvalue weighted by Gasteiger charge is 2.23. The van der Waals surface area contributed by atoms with Gasteiger partial charge in [-0.1, -0.05) is 42.5 Å². The fourth-order valence-electron chi connectivity index (χ4n) is 3.45. The number of nitrogens with one attached hydrogen (secondary N) is 1. The Morgan fingerprint density at radius 1 is 1.03 bits per heavy atom. The summed E-state index contributed by atoms with van der Waals surface area (Å²) < 4.78 is 0. The van der Waals surface area contributed by atoms with E-state index in [0.717, 1.165) is 28.1 Å². The van der Waals surface area contributed by atoms with Gasteiger partial charge < -0.3 is 4.90 Å². The highest BCUT2D eigenvalue weighted by molar-refractivity contribution is 7.07. The van der Waals surface area contributed by atoms with Gasteiger partial charge in [-0.2, -0.15) is 0 Å². The number of hydrogen-bond donors (Lipinski definition) is 1. The third kappa shape index (κ3) is 5.42. The molecule has 6 heteroatoms. The highest BCUT2D eigenvalue weighted by atomic mass is 32.1. The van der Waals surface area contributed by atoms with Crippen molar-refractivity contribution in [2.75, 3.05) is 11.9 Å². The number of anilines is 1. The smallest absolute Gasteiger partial charge is 0.244 e. The minimum atomic E-state index is -0.362. The van der Waals surface area contributed by atoms with Crippen LogP contribution < -0.4 is 10.2 Å². The van der Waals surface area contributed by atoms with Crippen LogP contribution >= 0.6 is 11.3 Å². The summed E-state index contributed by atoms with van der Waals surface area (Å²) in [5.41, 5.74) is 6.84. The van der Waals surface area contributed by atoms with Crippen molar-refractivity contribution in [2.45, 2.75) is 19.0 Å². The molecule has 1 amide bonds. The van der Waals surface area contributed by atoms with Gasteiger partial charge in [-0.3, -0.25) is 15.1 Å². The molecule has 156 valence electrons. The summed E-state index contributed by atoms with van der Waals surface area (Å²) in [5.74, 6) is 0.0194. The van der Waals surface area contributed by atoms with E-state index < -0.39 is 0 Å². The number of amides is 1. The van der Waals surface area contributed by atoms with Crippen molar-refractivity contribution in [1.82, 2.24) is 15.3 Å². The Morgan fingerprint density at radius 2 is 1.84 bits per heavy atom. The first-order valence-corrected chi connectivity index (χ1v) is 11.1. The van der Waals surface area contributed by atoms with Gasteiger partial charge in [-0.05, 0) is 47.4 Å². The molecule has 0 radical (unpaired) electrons. The van der Waals surface area contributed by atoms with E-state index in [1.54, 1.807) is 28.6 Å². The van der Waals surface area contributed by atoms with E-state index >= 15 is 0 Å². The highest BCUT2D eigenvalue weighted by Crippen LogP contribution is 2.24. The van der Waals surface area contributed by atoms with Crippen LogP contribution in [0.25, 0.3) is 11.1 Å². The average molecular weight is 429 g/mol. The molecular formula is C25H24N4OS. The van der Waals surface area contributed by atoms with E-state index in [-0.39, 0.29) is 11.9 Å². The summed E-state index contributed by atoms with van der Waals surface area (Å²) in [6, 6.07) is 21.7. The molecule has 5 nitrogen and oxygen atoms in total. The zero-order valence-corrected chi connectivity index (χ0v) is 18.1. The molecule has 1 unspecified atom stereocenters. The Labute approximate surface area is 186 Å². The number of likely N-dealkylation sites (N-methyl/N-ethyl adjacent to an activating group) is 1. The first-order valence-electron chi connectivity index (χ1n) is 10.1. The number of nitrogens with zero attached hydrogens (tertiary/aromatic N) is 3. The van der Waals surface area contributed by atoms with Crippen LogP contribution in [0.4, 0.5) is 5.69 Å². The van der Waals surface area contributed by atoms with E-state index in [0.29, 0.717) is 13.0 Å². The summed E-state index contributed by atoms with van der Waals surface area (Å²) >= 11 is 1.56. The third-order valence-corrected chi connectivity index (χ3v) is 5.81. The molecule has 0 saturated heterocycles. The lowest BCUT2D eigenvalue weighted by Crippen LogP contribution is -2.46. The van der Waals surface area contributed by atoms with Gasteiger partial charge in [-0.15, -0.1) is 11.3 Å². The number of rotatable bonds is 8. The summed E-state index contributed by atoms with van der Waals surface area (Å²) in [5, 5.41) is 5.41. The molecule has 2 aromatic heterocycles. The maximum absolute atomic E-state index is 13.5. The Hall–Kier alpha value is -3.35. The lowest BCUT2D eigenvalue weighted by molar-refractivity contribution is -0.120. The van der Waals surface area contributed by atoms with Gasteiger partial charge in [0.05, 0.1) is 17.2 Å². The van der Waals surface area contributed by atoms with Gasteiger partial charge in [0.25, 0.3) is 0 Å². The van der Waals surface area contributed by atoms with Crippen molar-refractivity contribution >= 4 is 22.9 Å². The predicted molar refractivity (Wildman–Crippen MR) is 126 cm³/mol. The maximum Gasteiger partial charge on any atom is 0.244 e. The van der Waals surface area contributed by atoms with E-state index in [2.05, 4.69) is 27.4 Å². The molecule has 31 heavy (non-hydrogen) atoms. The molecule has 2 aromatic carbocycles. The standard InChI is InChI=1S/C25H24N4OS/c1-29(23-9-5-8-21(15-23)20-10-12-26-13-11-20)25(30)24(14-19-6-3-2-4-7-19)27-16-22-17-31-18-28-22/h2-13,15,17-18,24,27H,14,16H2,1H3. The molecule has 0 aliphatic rings. The number of aromatic nitrogens is 2. The van der Waals surface area contributed by atoms with E-state index in [4.69, 9.17) is 0 Å². The first-order chi connectivity index (χ1) is 15.2. The molecule has 0 spiro atoms. The van der Waals surface area contributed by atoms with Gasteiger partial charge >= 0.3 is 0 Å². The molecule has 0 saturated carbocycles. The van der Waals surface area contributed by atoms with Crippen molar-refractivity contribution in [3.05, 3.63) is 101 Å². The van der Waals surface area contributed by atoms with E-state index in [1.165, 1.54) is 0 Å². The maximum atomic E-state index is 13.5. The van der Waals surface area contributed by atoms with Gasteiger partial charge in [0.2, 0.25) is 5.91 Å². The Kier molecular flexibility index (Phi) is 6.82. The van der Waals surface area contributed by atoms with Gasteiger partial charge in [0.1, 0.15) is 0 Å². The average Bonchev–Trinajstić information content (AvgIpc) is 3.36. The normalized spacial score (nSPS) is 11.8. The number of pyridine rings is 1. The molecule has 0 bridgehead atoms. The van der Waals surface area contributed by atoms with Crippen molar-refractivity contribution in [3.8, 4) is 11.1 Å². The molecule has 0 aliphatic heterocycles. The molecule has 4 rings (SSSR count). The molecule has 1 N–H and O–H groups in total. The molecule has 1 atom stereocenters. The summed E-state index contributed by atoms with van der Waals surface area (Å²) in [7, 11) is 1.83. The number of carbonyl (C=O) groups excluding carboxylic acids is 1. The molecule has 0 aliphatic carbocycles. The van der Waals surface area contributed by atoms with Crippen LogP contribution in [0.3, 0.4) is 0 Å². The van der Waals surface area contributed by atoms with Crippen molar-refractivity contribution in [3.63, 3.8) is 0 Å². The fourth-order valence-corrected chi connectivity index (χ4v) is 4.01. The van der Waals surface area contributed by atoms with Gasteiger partial charge in [-0.25, -0.2) is 4.98 Å². The Morgan fingerprint density at radius 3 is 2.58 bits per heavy atom. The number of thiazole rings is 1. The zero-order chi connectivity index (χ0) is 21.5. The summed E-state index contributed by atoms with van der Waals surface area (Å²) in [4.78, 5) is 23.6. The van der Waals surface area contributed by atoms with Crippen LogP contribution in [0.15, 0.2) is 90.0 Å². The lowest BCUT2D eigenvalue weighted by Gasteiger charge is -2.25. The first kappa shape index (κ1) is 20.9. The Bertz CT molecular complexity index is 1100. The van der Waals surface area contributed by atoms with Crippen LogP contribution in [0.5, 0.6) is 0 Å².